The van der Waals surface area contributed by atoms with Crippen molar-refractivity contribution in [1.29, 1.82) is 0 Å². The molecule has 124 valence electrons. The quantitative estimate of drug-likeness (QED) is 0.564. The van der Waals surface area contributed by atoms with Crippen LogP contribution in [0.15, 0.2) is 42.5 Å². The van der Waals surface area contributed by atoms with E-state index in [1.165, 1.54) is 11.3 Å². The second kappa shape index (κ2) is 5.45. The van der Waals surface area contributed by atoms with E-state index in [1.807, 2.05) is 42.5 Å². The average molecular weight is 352 g/mol. The smallest absolute Gasteiger partial charge is 0.235 e. The molecule has 3 heterocycles. The molecule has 0 amide bonds. The normalized spacial score (nSPS) is 12.7. The van der Waals surface area contributed by atoms with Crippen molar-refractivity contribution in [3.8, 4) is 39.2 Å². The molecule has 1 aliphatic heterocycles. The van der Waals surface area contributed by atoms with Gasteiger partial charge < -0.3 is 14.2 Å². The third kappa shape index (κ3) is 2.22. The molecule has 1 aliphatic rings. The predicted molar refractivity (Wildman–Crippen MR) is 92.2 cm³/mol. The summed E-state index contributed by atoms with van der Waals surface area (Å²) >= 11 is 1.47. The van der Waals surface area contributed by atoms with E-state index in [0.29, 0.717) is 10.8 Å². The molecule has 0 fully saturated rings. The fourth-order valence-corrected chi connectivity index (χ4v) is 3.60. The Morgan fingerprint density at radius 2 is 1.96 bits per heavy atom. The minimum absolute atomic E-state index is 0.252. The first-order valence-electron chi connectivity index (χ1n) is 7.59. The van der Waals surface area contributed by atoms with Crippen LogP contribution < -0.4 is 14.2 Å². The molecule has 0 bridgehead atoms. The molecule has 0 unspecified atom stereocenters. The molecule has 0 radical (unpaired) electrons. The summed E-state index contributed by atoms with van der Waals surface area (Å²) in [6.07, 6.45) is 0. The van der Waals surface area contributed by atoms with E-state index >= 15 is 0 Å². The van der Waals surface area contributed by atoms with Gasteiger partial charge in [-0.15, -0.1) is 10.2 Å². The van der Waals surface area contributed by atoms with E-state index in [2.05, 4.69) is 15.3 Å². The molecule has 0 saturated heterocycles. The second-order valence-corrected chi connectivity index (χ2v) is 6.35. The molecule has 0 atom stereocenters. The third-order valence-electron chi connectivity index (χ3n) is 3.96. The van der Waals surface area contributed by atoms with Crippen LogP contribution >= 0.6 is 11.3 Å². The molecular formula is C17H12N4O3S. The average Bonchev–Trinajstić information content (AvgIpc) is 3.36. The van der Waals surface area contributed by atoms with Gasteiger partial charge in [-0.05, 0) is 30.3 Å². The van der Waals surface area contributed by atoms with Crippen molar-refractivity contribution in [2.24, 2.45) is 0 Å². The van der Waals surface area contributed by atoms with Gasteiger partial charge in [-0.25, -0.2) is 0 Å². The van der Waals surface area contributed by atoms with Crippen molar-refractivity contribution in [2.45, 2.75) is 0 Å². The van der Waals surface area contributed by atoms with Gasteiger partial charge in [0.25, 0.3) is 0 Å². The van der Waals surface area contributed by atoms with Crippen LogP contribution in [0, 0.1) is 0 Å². The first-order valence-corrected chi connectivity index (χ1v) is 8.41. The van der Waals surface area contributed by atoms with Crippen molar-refractivity contribution in [3.05, 3.63) is 42.5 Å². The molecule has 5 rings (SSSR count). The molecule has 4 aromatic rings. The number of aromatic nitrogens is 4. The fraction of sp³-hybridized carbons (Fsp3) is 0.118. The zero-order valence-corrected chi connectivity index (χ0v) is 14.0. The monoisotopic (exact) mass is 352 g/mol. The lowest BCUT2D eigenvalue weighted by Crippen LogP contribution is -1.94. The highest BCUT2D eigenvalue weighted by Crippen LogP contribution is 2.37. The Labute approximate surface area is 146 Å². The zero-order valence-electron chi connectivity index (χ0n) is 13.2. The molecule has 7 nitrogen and oxygen atoms in total. The Morgan fingerprint density at radius 3 is 2.88 bits per heavy atom. The summed E-state index contributed by atoms with van der Waals surface area (Å²) in [6, 6.07) is 13.5. The fourth-order valence-electron chi connectivity index (χ4n) is 2.76. The Bertz CT molecular complexity index is 1090. The molecule has 2 aromatic carbocycles. The summed E-state index contributed by atoms with van der Waals surface area (Å²) < 4.78 is 18.0. The maximum absolute atomic E-state index is 5.44. The first-order chi connectivity index (χ1) is 12.3. The molecule has 25 heavy (non-hydrogen) atoms. The van der Waals surface area contributed by atoms with Gasteiger partial charge in [-0.2, -0.15) is 9.61 Å². The maximum Gasteiger partial charge on any atom is 0.235 e. The van der Waals surface area contributed by atoms with Gasteiger partial charge in [0.05, 0.1) is 12.7 Å². The van der Waals surface area contributed by atoms with Gasteiger partial charge >= 0.3 is 0 Å². The summed E-state index contributed by atoms with van der Waals surface area (Å²) in [5.74, 6) is 2.86. The highest BCUT2D eigenvalue weighted by molar-refractivity contribution is 7.19. The van der Waals surface area contributed by atoms with E-state index < -0.39 is 0 Å². The number of hydrogen-bond acceptors (Lipinski definition) is 7. The number of fused-ring (bicyclic) bond motifs is 2. The second-order valence-electron chi connectivity index (χ2n) is 5.39. The van der Waals surface area contributed by atoms with Gasteiger partial charge in [0.15, 0.2) is 17.3 Å². The van der Waals surface area contributed by atoms with Crippen LogP contribution in [0.5, 0.6) is 17.2 Å². The summed E-state index contributed by atoms with van der Waals surface area (Å²) in [6.45, 7) is 0.252. The lowest BCUT2D eigenvalue weighted by atomic mass is 10.2. The highest BCUT2D eigenvalue weighted by atomic mass is 32.1. The number of rotatable bonds is 3. The number of hydrogen-bond donors (Lipinski definition) is 0. The molecule has 0 N–H and O–H groups in total. The number of para-hydroxylation sites is 1. The largest absolute Gasteiger partial charge is 0.496 e. The van der Waals surface area contributed by atoms with Crippen LogP contribution in [0.2, 0.25) is 0 Å². The molecule has 8 heteroatoms. The summed E-state index contributed by atoms with van der Waals surface area (Å²) in [4.78, 5) is 0.716. The molecule has 0 aliphatic carbocycles. The SMILES string of the molecule is COc1ccccc1-c1nnc2sc(-c3ccc4c(c3)OCO4)nn12. The lowest BCUT2D eigenvalue weighted by Gasteiger charge is -2.04. The van der Waals surface area contributed by atoms with Crippen molar-refractivity contribution in [3.63, 3.8) is 0 Å². The van der Waals surface area contributed by atoms with Gasteiger partial charge in [0.1, 0.15) is 10.8 Å². The van der Waals surface area contributed by atoms with E-state index in [1.54, 1.807) is 11.6 Å². The first kappa shape index (κ1) is 14.2. The van der Waals surface area contributed by atoms with E-state index in [9.17, 15) is 0 Å². The Morgan fingerprint density at radius 1 is 1.08 bits per heavy atom. The highest BCUT2D eigenvalue weighted by Gasteiger charge is 2.19. The number of methoxy groups -OCH3 is 1. The van der Waals surface area contributed by atoms with Crippen molar-refractivity contribution in [1.82, 2.24) is 19.8 Å². The van der Waals surface area contributed by atoms with Gasteiger partial charge in [0, 0.05) is 5.56 Å². The van der Waals surface area contributed by atoms with Crippen LogP contribution in [-0.4, -0.2) is 33.7 Å². The Balaban J connectivity index is 1.63. The Hall–Kier alpha value is -3.13. The third-order valence-corrected chi connectivity index (χ3v) is 4.91. The molecular weight excluding hydrogens is 340 g/mol. The minimum atomic E-state index is 0.252. The zero-order chi connectivity index (χ0) is 16.8. The molecule has 0 spiro atoms. The standard InChI is InChI=1S/C17H12N4O3S/c1-22-12-5-3-2-4-11(12)15-18-19-17-21(15)20-16(25-17)10-6-7-13-14(8-10)24-9-23-13/h2-8H,9H2,1H3. The molecule has 2 aromatic heterocycles. The number of ether oxygens (including phenoxy) is 3. The van der Waals surface area contributed by atoms with Crippen LogP contribution in [-0.2, 0) is 0 Å². The predicted octanol–water partition coefficient (Wildman–Crippen LogP) is 3.26. The lowest BCUT2D eigenvalue weighted by molar-refractivity contribution is 0.174. The minimum Gasteiger partial charge on any atom is -0.496 e. The summed E-state index contributed by atoms with van der Waals surface area (Å²) in [5, 5.41) is 14.0. The van der Waals surface area contributed by atoms with E-state index in [0.717, 1.165) is 33.4 Å². The van der Waals surface area contributed by atoms with Crippen molar-refractivity contribution >= 4 is 16.3 Å². The van der Waals surface area contributed by atoms with Crippen LogP contribution in [0.25, 0.3) is 26.9 Å². The van der Waals surface area contributed by atoms with E-state index in [-0.39, 0.29) is 6.79 Å². The van der Waals surface area contributed by atoms with Gasteiger partial charge in [-0.1, -0.05) is 23.5 Å². The van der Waals surface area contributed by atoms with Gasteiger partial charge in [-0.3, -0.25) is 0 Å². The number of benzene rings is 2. The van der Waals surface area contributed by atoms with Crippen molar-refractivity contribution < 1.29 is 14.2 Å². The maximum atomic E-state index is 5.44. The summed E-state index contributed by atoms with van der Waals surface area (Å²) in [5.41, 5.74) is 1.80. The van der Waals surface area contributed by atoms with Crippen LogP contribution in [0.3, 0.4) is 0 Å². The number of nitrogens with zero attached hydrogens (tertiary/aromatic N) is 4. The van der Waals surface area contributed by atoms with Crippen LogP contribution in [0.4, 0.5) is 0 Å². The molecule has 0 saturated carbocycles. The van der Waals surface area contributed by atoms with Gasteiger partial charge in [0.2, 0.25) is 11.8 Å². The Kier molecular flexibility index (Phi) is 3.10. The van der Waals surface area contributed by atoms with Crippen LogP contribution in [0.1, 0.15) is 0 Å². The summed E-state index contributed by atoms with van der Waals surface area (Å²) in [7, 11) is 1.64. The topological polar surface area (TPSA) is 70.8 Å². The van der Waals surface area contributed by atoms with E-state index in [4.69, 9.17) is 14.2 Å². The van der Waals surface area contributed by atoms with Crippen molar-refractivity contribution in [2.75, 3.05) is 13.9 Å².